The molecule has 1 fully saturated rings. The number of guanidine groups is 1. The van der Waals surface area contributed by atoms with Crippen LogP contribution < -0.4 is 10.6 Å². The Morgan fingerprint density at radius 1 is 1.29 bits per heavy atom. The molecule has 28 heavy (non-hydrogen) atoms. The number of aryl methyl sites for hydroxylation is 1. The summed E-state index contributed by atoms with van der Waals surface area (Å²) >= 11 is 6.51. The zero-order chi connectivity index (χ0) is 19.8. The van der Waals surface area contributed by atoms with Crippen molar-refractivity contribution in [3.8, 4) is 0 Å². The monoisotopic (exact) mass is 405 g/mol. The van der Waals surface area contributed by atoms with Crippen LogP contribution in [0, 0.1) is 0 Å². The van der Waals surface area contributed by atoms with Gasteiger partial charge in [-0.15, -0.1) is 0 Å². The van der Waals surface area contributed by atoms with Gasteiger partial charge in [0.1, 0.15) is 18.7 Å². The van der Waals surface area contributed by atoms with E-state index >= 15 is 0 Å². The van der Waals surface area contributed by atoms with Crippen molar-refractivity contribution >= 4 is 17.6 Å². The van der Waals surface area contributed by atoms with Gasteiger partial charge in [-0.2, -0.15) is 5.10 Å². The number of morpholine rings is 1. The van der Waals surface area contributed by atoms with E-state index in [2.05, 4.69) is 36.7 Å². The Kier molecular flexibility index (Phi) is 7.64. The summed E-state index contributed by atoms with van der Waals surface area (Å²) in [6, 6.07) is 8.16. The Hall–Kier alpha value is -2.16. The first-order chi connectivity index (χ1) is 13.7. The second-order valence-electron chi connectivity index (χ2n) is 6.56. The van der Waals surface area contributed by atoms with Crippen LogP contribution >= 0.6 is 11.6 Å². The standard InChI is InChI=1S/C19H28ClN7O/c1-3-21-19(23-13-18-24-14-25-26(18)2)22-12-17(27-8-10-28-11-9-27)15-6-4-5-7-16(15)20/h4-7,14,17H,3,8-13H2,1-2H3,(H2,21,22,23). The molecule has 0 radical (unpaired) electrons. The van der Waals surface area contributed by atoms with E-state index in [-0.39, 0.29) is 6.04 Å². The summed E-state index contributed by atoms with van der Waals surface area (Å²) < 4.78 is 7.25. The highest BCUT2D eigenvalue weighted by atomic mass is 35.5. The van der Waals surface area contributed by atoms with Crippen LogP contribution in [0.5, 0.6) is 0 Å². The first-order valence-electron chi connectivity index (χ1n) is 9.60. The summed E-state index contributed by atoms with van der Waals surface area (Å²) in [5, 5.41) is 11.6. The van der Waals surface area contributed by atoms with Crippen LogP contribution in [0.3, 0.4) is 0 Å². The molecule has 0 amide bonds. The summed E-state index contributed by atoms with van der Waals surface area (Å²) in [6.07, 6.45) is 1.54. The molecule has 0 spiro atoms. The highest BCUT2D eigenvalue weighted by Gasteiger charge is 2.24. The average Bonchev–Trinajstić information content (AvgIpc) is 3.13. The molecule has 0 aliphatic carbocycles. The molecule has 1 aromatic carbocycles. The lowest BCUT2D eigenvalue weighted by Gasteiger charge is -2.35. The normalized spacial score (nSPS) is 16.8. The van der Waals surface area contributed by atoms with E-state index in [9.17, 15) is 0 Å². The quantitative estimate of drug-likeness (QED) is 0.538. The number of nitrogens with zero attached hydrogens (tertiary/aromatic N) is 5. The molecule has 8 nitrogen and oxygen atoms in total. The third-order valence-corrected chi connectivity index (χ3v) is 5.09. The number of aliphatic imine (C=N–C) groups is 1. The van der Waals surface area contributed by atoms with Crippen molar-refractivity contribution < 1.29 is 4.74 Å². The minimum Gasteiger partial charge on any atom is -0.379 e. The topological polar surface area (TPSA) is 79.6 Å². The van der Waals surface area contributed by atoms with Crippen molar-refractivity contribution in [2.45, 2.75) is 19.5 Å². The Morgan fingerprint density at radius 3 is 2.75 bits per heavy atom. The highest BCUT2D eigenvalue weighted by Crippen LogP contribution is 2.27. The Morgan fingerprint density at radius 2 is 2.07 bits per heavy atom. The predicted octanol–water partition coefficient (Wildman–Crippen LogP) is 1.60. The molecule has 9 heteroatoms. The molecule has 1 unspecified atom stereocenters. The van der Waals surface area contributed by atoms with E-state index in [1.54, 1.807) is 4.68 Å². The van der Waals surface area contributed by atoms with Crippen molar-refractivity contribution in [1.82, 2.24) is 30.3 Å². The molecule has 1 aliphatic rings. The minimum atomic E-state index is 0.135. The van der Waals surface area contributed by atoms with Gasteiger partial charge in [-0.25, -0.2) is 9.98 Å². The number of hydrogen-bond donors (Lipinski definition) is 2. The minimum absolute atomic E-state index is 0.135. The van der Waals surface area contributed by atoms with Gasteiger partial charge in [0.2, 0.25) is 0 Å². The third kappa shape index (κ3) is 5.43. The zero-order valence-electron chi connectivity index (χ0n) is 16.4. The fourth-order valence-electron chi connectivity index (χ4n) is 3.22. The summed E-state index contributed by atoms with van der Waals surface area (Å²) in [4.78, 5) is 11.3. The van der Waals surface area contributed by atoms with Gasteiger partial charge in [0, 0.05) is 38.2 Å². The summed E-state index contributed by atoms with van der Waals surface area (Å²) in [7, 11) is 1.87. The van der Waals surface area contributed by atoms with E-state index in [1.165, 1.54) is 6.33 Å². The fourth-order valence-corrected chi connectivity index (χ4v) is 3.48. The molecular weight excluding hydrogens is 378 g/mol. The molecule has 152 valence electrons. The number of hydrogen-bond acceptors (Lipinski definition) is 5. The van der Waals surface area contributed by atoms with Crippen LogP contribution in [-0.4, -0.2) is 65.0 Å². The number of aromatic nitrogens is 3. The number of ether oxygens (including phenoxy) is 1. The van der Waals surface area contributed by atoms with Crippen molar-refractivity contribution in [3.05, 3.63) is 47.0 Å². The van der Waals surface area contributed by atoms with Crippen molar-refractivity contribution in [2.24, 2.45) is 12.0 Å². The van der Waals surface area contributed by atoms with Crippen LogP contribution in [-0.2, 0) is 18.3 Å². The number of halogens is 1. The second-order valence-corrected chi connectivity index (χ2v) is 6.97. The largest absolute Gasteiger partial charge is 0.379 e. The smallest absolute Gasteiger partial charge is 0.191 e. The summed E-state index contributed by atoms with van der Waals surface area (Å²) in [6.45, 7) is 7.21. The molecule has 3 rings (SSSR count). The van der Waals surface area contributed by atoms with Gasteiger partial charge in [-0.3, -0.25) is 9.58 Å². The Balaban J connectivity index is 1.73. The van der Waals surface area contributed by atoms with Gasteiger partial charge >= 0.3 is 0 Å². The van der Waals surface area contributed by atoms with Gasteiger partial charge in [0.15, 0.2) is 5.96 Å². The fraction of sp³-hybridized carbons (Fsp3) is 0.526. The van der Waals surface area contributed by atoms with Crippen LogP contribution in [0.15, 0.2) is 35.6 Å². The van der Waals surface area contributed by atoms with Gasteiger partial charge in [0.05, 0.1) is 19.3 Å². The molecule has 1 saturated heterocycles. The maximum atomic E-state index is 6.51. The van der Waals surface area contributed by atoms with Crippen molar-refractivity contribution in [1.29, 1.82) is 0 Å². The molecule has 1 aromatic heterocycles. The van der Waals surface area contributed by atoms with Crippen LogP contribution in [0.25, 0.3) is 0 Å². The number of nitrogens with one attached hydrogen (secondary N) is 2. The van der Waals surface area contributed by atoms with E-state index in [4.69, 9.17) is 16.3 Å². The Bertz CT molecular complexity index is 773. The van der Waals surface area contributed by atoms with E-state index < -0.39 is 0 Å². The van der Waals surface area contributed by atoms with Crippen LogP contribution in [0.4, 0.5) is 0 Å². The highest BCUT2D eigenvalue weighted by molar-refractivity contribution is 6.31. The van der Waals surface area contributed by atoms with Crippen molar-refractivity contribution in [2.75, 3.05) is 39.4 Å². The van der Waals surface area contributed by atoms with Crippen molar-refractivity contribution in [3.63, 3.8) is 0 Å². The molecule has 2 heterocycles. The molecule has 2 N–H and O–H groups in total. The molecule has 0 saturated carbocycles. The number of benzene rings is 1. The summed E-state index contributed by atoms with van der Waals surface area (Å²) in [5.41, 5.74) is 1.11. The van der Waals surface area contributed by atoms with Gasteiger partial charge in [-0.05, 0) is 18.6 Å². The Labute approximate surface area is 170 Å². The maximum Gasteiger partial charge on any atom is 0.191 e. The molecule has 0 bridgehead atoms. The second kappa shape index (κ2) is 10.4. The van der Waals surface area contributed by atoms with Crippen LogP contribution in [0.1, 0.15) is 24.4 Å². The predicted molar refractivity (Wildman–Crippen MR) is 110 cm³/mol. The molecule has 1 atom stereocenters. The first-order valence-corrected chi connectivity index (χ1v) is 9.98. The van der Waals surface area contributed by atoms with Gasteiger partial charge in [-0.1, -0.05) is 29.8 Å². The lowest BCUT2D eigenvalue weighted by Crippen LogP contribution is -2.46. The van der Waals surface area contributed by atoms with E-state index in [1.807, 2.05) is 32.2 Å². The molecular formula is C19H28ClN7O. The molecule has 1 aliphatic heterocycles. The summed E-state index contributed by atoms with van der Waals surface area (Å²) in [5.74, 6) is 1.56. The maximum absolute atomic E-state index is 6.51. The zero-order valence-corrected chi connectivity index (χ0v) is 17.2. The lowest BCUT2D eigenvalue weighted by atomic mass is 10.0. The van der Waals surface area contributed by atoms with Gasteiger partial charge < -0.3 is 15.4 Å². The van der Waals surface area contributed by atoms with E-state index in [0.29, 0.717) is 13.1 Å². The number of rotatable bonds is 7. The average molecular weight is 406 g/mol. The first kappa shape index (κ1) is 20.6. The van der Waals surface area contributed by atoms with E-state index in [0.717, 1.165) is 55.2 Å². The van der Waals surface area contributed by atoms with Gasteiger partial charge in [0.25, 0.3) is 0 Å². The third-order valence-electron chi connectivity index (χ3n) is 4.74. The molecule has 2 aromatic rings. The van der Waals surface area contributed by atoms with Crippen LogP contribution in [0.2, 0.25) is 5.02 Å². The SMILES string of the molecule is CCNC(=NCc1ncnn1C)NCC(c1ccccc1Cl)N1CCOCC1. The lowest BCUT2D eigenvalue weighted by molar-refractivity contribution is 0.0170.